The Hall–Kier alpha value is -1.46. The van der Waals surface area contributed by atoms with E-state index >= 15 is 0 Å². The lowest BCUT2D eigenvalue weighted by molar-refractivity contribution is 0.134. The number of pyridine rings is 1. The van der Waals surface area contributed by atoms with Gasteiger partial charge < -0.3 is 15.0 Å². The topological polar surface area (TPSA) is 66.0 Å². The van der Waals surface area contributed by atoms with Crippen LogP contribution >= 0.6 is 0 Å². The van der Waals surface area contributed by atoms with Crippen LogP contribution in [0, 0.1) is 6.92 Å². The average molecular weight is 220 g/mol. The number of imidazole rings is 1. The molecule has 16 heavy (non-hydrogen) atoms. The quantitative estimate of drug-likeness (QED) is 0.754. The van der Waals surface area contributed by atoms with Crippen LogP contribution < -0.4 is 5.73 Å². The monoisotopic (exact) mass is 220 g/mol. The minimum Gasteiger partial charge on any atom is -0.378 e. The van der Waals surface area contributed by atoms with Crippen molar-refractivity contribution in [1.82, 2.24) is 14.5 Å². The van der Waals surface area contributed by atoms with E-state index in [4.69, 9.17) is 10.5 Å². The Bertz CT molecular complexity index is 466. The Morgan fingerprint density at radius 3 is 3.06 bits per heavy atom. The van der Waals surface area contributed by atoms with Gasteiger partial charge in [-0.25, -0.2) is 9.97 Å². The van der Waals surface area contributed by atoms with Gasteiger partial charge in [-0.1, -0.05) is 0 Å². The second-order valence-corrected chi connectivity index (χ2v) is 3.69. The lowest BCUT2D eigenvalue weighted by Crippen LogP contribution is -2.12. The Labute approximate surface area is 94.2 Å². The van der Waals surface area contributed by atoms with Gasteiger partial charge in [0.2, 0.25) is 0 Å². The molecule has 2 aromatic heterocycles. The highest BCUT2D eigenvalue weighted by Crippen LogP contribution is 2.10. The van der Waals surface area contributed by atoms with Gasteiger partial charge in [-0.05, 0) is 18.6 Å². The number of nitrogens with two attached hydrogens (primary N) is 1. The van der Waals surface area contributed by atoms with Gasteiger partial charge >= 0.3 is 0 Å². The van der Waals surface area contributed by atoms with Crippen LogP contribution in [-0.2, 0) is 11.3 Å². The van der Waals surface area contributed by atoms with Crippen molar-refractivity contribution in [3.05, 3.63) is 24.2 Å². The summed E-state index contributed by atoms with van der Waals surface area (Å²) in [5.74, 6) is 0. The van der Waals surface area contributed by atoms with Gasteiger partial charge in [-0.2, -0.15) is 0 Å². The summed E-state index contributed by atoms with van der Waals surface area (Å²) in [6, 6.07) is 2.03. The second-order valence-electron chi connectivity index (χ2n) is 3.69. The van der Waals surface area contributed by atoms with E-state index in [0.29, 0.717) is 19.8 Å². The lowest BCUT2D eigenvalue weighted by atomic mass is 10.3. The summed E-state index contributed by atoms with van der Waals surface area (Å²) in [5.41, 5.74) is 8.30. The fourth-order valence-corrected chi connectivity index (χ4v) is 1.56. The zero-order valence-corrected chi connectivity index (χ0v) is 9.39. The summed E-state index contributed by atoms with van der Waals surface area (Å²) >= 11 is 0. The third-order valence-electron chi connectivity index (χ3n) is 2.33. The van der Waals surface area contributed by atoms with Crippen molar-refractivity contribution in [2.75, 3.05) is 19.8 Å². The molecule has 2 aromatic rings. The molecule has 0 aliphatic rings. The molecule has 0 unspecified atom stereocenters. The van der Waals surface area contributed by atoms with Crippen molar-refractivity contribution in [3.8, 4) is 0 Å². The molecule has 0 aliphatic heterocycles. The SMILES string of the molecule is Cc1cnc2c(c1)ncn2CCOCCN. The van der Waals surface area contributed by atoms with Crippen molar-refractivity contribution >= 4 is 11.2 Å². The maximum Gasteiger partial charge on any atom is 0.159 e. The van der Waals surface area contributed by atoms with E-state index in [1.54, 1.807) is 6.33 Å². The maximum atomic E-state index is 5.34. The van der Waals surface area contributed by atoms with Gasteiger partial charge in [0.1, 0.15) is 5.52 Å². The normalized spacial score (nSPS) is 11.1. The molecule has 0 atom stereocenters. The first kappa shape index (κ1) is 11.0. The highest BCUT2D eigenvalue weighted by Gasteiger charge is 2.03. The van der Waals surface area contributed by atoms with E-state index in [9.17, 15) is 0 Å². The molecular formula is C11H16N4O. The highest BCUT2D eigenvalue weighted by atomic mass is 16.5. The first-order chi connectivity index (χ1) is 7.81. The lowest BCUT2D eigenvalue weighted by Gasteiger charge is -2.04. The Morgan fingerprint density at radius 1 is 1.38 bits per heavy atom. The molecule has 0 spiro atoms. The van der Waals surface area contributed by atoms with Crippen LogP contribution in [0.4, 0.5) is 0 Å². The minimum absolute atomic E-state index is 0.558. The van der Waals surface area contributed by atoms with Crippen LogP contribution in [0.2, 0.25) is 0 Å². The molecule has 0 radical (unpaired) electrons. The van der Waals surface area contributed by atoms with Crippen molar-refractivity contribution in [1.29, 1.82) is 0 Å². The van der Waals surface area contributed by atoms with Crippen LogP contribution in [0.5, 0.6) is 0 Å². The van der Waals surface area contributed by atoms with Gasteiger partial charge in [0.15, 0.2) is 5.65 Å². The van der Waals surface area contributed by atoms with Gasteiger partial charge in [-0.3, -0.25) is 0 Å². The molecule has 0 aliphatic carbocycles. The van der Waals surface area contributed by atoms with E-state index in [1.165, 1.54) is 0 Å². The van der Waals surface area contributed by atoms with Crippen molar-refractivity contribution < 1.29 is 4.74 Å². The molecule has 5 nitrogen and oxygen atoms in total. The maximum absolute atomic E-state index is 5.34. The molecule has 86 valence electrons. The van der Waals surface area contributed by atoms with Crippen LogP contribution in [0.15, 0.2) is 18.6 Å². The summed E-state index contributed by atoms with van der Waals surface area (Å²) in [7, 11) is 0. The van der Waals surface area contributed by atoms with Crippen LogP contribution in [0.25, 0.3) is 11.2 Å². The van der Waals surface area contributed by atoms with Crippen molar-refractivity contribution in [3.63, 3.8) is 0 Å². The fraction of sp³-hybridized carbons (Fsp3) is 0.455. The summed E-state index contributed by atoms with van der Waals surface area (Å²) < 4.78 is 7.32. The third-order valence-corrected chi connectivity index (χ3v) is 2.33. The molecule has 0 saturated carbocycles. The van der Waals surface area contributed by atoms with E-state index in [2.05, 4.69) is 9.97 Å². The van der Waals surface area contributed by atoms with Crippen LogP contribution in [0.1, 0.15) is 5.56 Å². The Balaban J connectivity index is 2.07. The largest absolute Gasteiger partial charge is 0.378 e. The van der Waals surface area contributed by atoms with Crippen LogP contribution in [0.3, 0.4) is 0 Å². The van der Waals surface area contributed by atoms with E-state index in [1.807, 2.05) is 23.8 Å². The zero-order valence-electron chi connectivity index (χ0n) is 9.39. The predicted molar refractivity (Wildman–Crippen MR) is 62.1 cm³/mol. The zero-order chi connectivity index (χ0) is 11.4. The van der Waals surface area contributed by atoms with Crippen molar-refractivity contribution in [2.45, 2.75) is 13.5 Å². The van der Waals surface area contributed by atoms with Crippen LogP contribution in [-0.4, -0.2) is 34.3 Å². The predicted octanol–water partition coefficient (Wildman–Crippen LogP) is 0.715. The molecular weight excluding hydrogens is 204 g/mol. The van der Waals surface area contributed by atoms with E-state index in [0.717, 1.165) is 23.3 Å². The number of ether oxygens (including phenoxy) is 1. The standard InChI is InChI=1S/C11H16N4O/c1-9-6-10-11(13-7-9)15(8-14-10)3-5-16-4-2-12/h6-8H,2-5,12H2,1H3. The Kier molecular flexibility index (Phi) is 3.48. The highest BCUT2D eigenvalue weighted by molar-refractivity contribution is 5.71. The van der Waals surface area contributed by atoms with Gasteiger partial charge in [0, 0.05) is 19.3 Å². The number of fused-ring (bicyclic) bond motifs is 1. The molecule has 0 amide bonds. The summed E-state index contributed by atoms with van der Waals surface area (Å²) in [6.07, 6.45) is 3.64. The third kappa shape index (κ3) is 2.37. The number of aryl methyl sites for hydroxylation is 1. The first-order valence-electron chi connectivity index (χ1n) is 5.36. The molecule has 5 heteroatoms. The van der Waals surface area contributed by atoms with E-state index in [-0.39, 0.29) is 0 Å². The minimum atomic E-state index is 0.558. The fourth-order valence-electron chi connectivity index (χ4n) is 1.56. The molecule has 2 N–H and O–H groups in total. The van der Waals surface area contributed by atoms with Gasteiger partial charge in [0.05, 0.1) is 19.5 Å². The molecule has 0 bridgehead atoms. The molecule has 2 heterocycles. The van der Waals surface area contributed by atoms with Gasteiger partial charge in [-0.15, -0.1) is 0 Å². The number of hydrogen-bond donors (Lipinski definition) is 1. The Morgan fingerprint density at radius 2 is 2.25 bits per heavy atom. The van der Waals surface area contributed by atoms with E-state index < -0.39 is 0 Å². The van der Waals surface area contributed by atoms with Gasteiger partial charge in [0.25, 0.3) is 0 Å². The molecule has 0 fully saturated rings. The number of nitrogens with zero attached hydrogens (tertiary/aromatic N) is 3. The smallest absolute Gasteiger partial charge is 0.159 e. The summed E-state index contributed by atoms with van der Waals surface area (Å²) in [6.45, 7) is 4.56. The summed E-state index contributed by atoms with van der Waals surface area (Å²) in [5, 5.41) is 0. The van der Waals surface area contributed by atoms with Crippen molar-refractivity contribution in [2.24, 2.45) is 5.73 Å². The number of rotatable bonds is 5. The molecule has 0 saturated heterocycles. The molecule has 2 rings (SSSR count). The molecule has 0 aromatic carbocycles. The average Bonchev–Trinajstić information content (AvgIpc) is 2.67. The number of hydrogen-bond acceptors (Lipinski definition) is 4. The summed E-state index contributed by atoms with van der Waals surface area (Å²) in [4.78, 5) is 8.66. The first-order valence-corrected chi connectivity index (χ1v) is 5.36. The second kappa shape index (κ2) is 5.05. The number of aromatic nitrogens is 3.